The summed E-state index contributed by atoms with van der Waals surface area (Å²) in [4.78, 5) is 59.1. The van der Waals surface area contributed by atoms with Crippen molar-refractivity contribution in [3.63, 3.8) is 0 Å². The van der Waals surface area contributed by atoms with E-state index in [0.717, 1.165) is 38.0 Å². The second-order valence-electron chi connectivity index (χ2n) is 17.8. The molecule has 2 amide bonds. The fourth-order valence-corrected chi connectivity index (χ4v) is 9.12. The Hall–Kier alpha value is -6.84. The Morgan fingerprint density at radius 3 is 2.31 bits per heavy atom. The molecule has 8 rings (SSSR count). The van der Waals surface area contributed by atoms with Crippen molar-refractivity contribution in [3.05, 3.63) is 177 Å². The van der Waals surface area contributed by atoms with E-state index in [1.807, 2.05) is 36.4 Å². The number of rotatable bonds is 18. The highest BCUT2D eigenvalue weighted by molar-refractivity contribution is 5.94. The smallest absolute Gasteiger partial charge is 0.347 e. The topological polar surface area (TPSA) is 194 Å². The zero-order valence-corrected chi connectivity index (χ0v) is 38.0. The molecule has 0 saturated carbocycles. The number of piperidine rings is 2. The summed E-state index contributed by atoms with van der Waals surface area (Å²) in [6, 6.07) is 38.7. The van der Waals surface area contributed by atoms with Gasteiger partial charge in [0.15, 0.2) is 6.61 Å². The normalized spacial score (nSPS) is 17.0. The van der Waals surface area contributed by atoms with Gasteiger partial charge in [-0.05, 0) is 116 Å². The van der Waals surface area contributed by atoms with E-state index in [1.165, 1.54) is 17.7 Å². The van der Waals surface area contributed by atoms with E-state index in [4.69, 9.17) is 9.47 Å². The maximum absolute atomic E-state index is 13.9. The molecule has 2 aliphatic rings. The van der Waals surface area contributed by atoms with Crippen molar-refractivity contribution in [3.8, 4) is 11.5 Å². The van der Waals surface area contributed by atoms with Crippen molar-refractivity contribution in [1.29, 1.82) is 0 Å². The molecule has 14 heteroatoms. The average molecular weight is 922 g/mol. The van der Waals surface area contributed by atoms with Crippen LogP contribution in [0.4, 0.5) is 0 Å². The number of carbonyl (C=O) groups is 3. The number of amides is 2. The molecule has 2 fully saturated rings. The number of benzene rings is 5. The number of aliphatic hydroxyl groups excluding tert-OH is 1. The molecule has 3 heterocycles. The van der Waals surface area contributed by atoms with E-state index in [9.17, 15) is 34.5 Å². The summed E-state index contributed by atoms with van der Waals surface area (Å²) in [5.74, 6) is -0.838. The third-order valence-corrected chi connectivity index (χ3v) is 13.0. The highest BCUT2D eigenvalue weighted by Crippen LogP contribution is 2.34. The summed E-state index contributed by atoms with van der Waals surface area (Å²) < 4.78 is 11.9. The Morgan fingerprint density at radius 1 is 0.809 bits per heavy atom. The van der Waals surface area contributed by atoms with Crippen LogP contribution in [0.2, 0.25) is 0 Å². The van der Waals surface area contributed by atoms with Crippen LogP contribution in [0.1, 0.15) is 70.0 Å². The first-order chi connectivity index (χ1) is 33.0. The number of aliphatic hydroxyl groups is 2. The third kappa shape index (κ3) is 11.8. The lowest BCUT2D eigenvalue weighted by molar-refractivity contribution is -0.164. The zero-order chi connectivity index (χ0) is 47.5. The molecule has 0 unspecified atom stereocenters. The highest BCUT2D eigenvalue weighted by Gasteiger charge is 2.42. The molecule has 2 saturated heterocycles. The van der Waals surface area contributed by atoms with Crippen LogP contribution >= 0.6 is 0 Å². The van der Waals surface area contributed by atoms with Gasteiger partial charge in [-0.15, -0.1) is 0 Å². The zero-order valence-electron chi connectivity index (χ0n) is 38.0. The van der Waals surface area contributed by atoms with Gasteiger partial charge in [0.1, 0.15) is 11.5 Å². The first-order valence-corrected chi connectivity index (χ1v) is 23.4. The second kappa shape index (κ2) is 22.3. The number of hydrogen-bond acceptors (Lipinski definition) is 11. The summed E-state index contributed by atoms with van der Waals surface area (Å²) in [5.41, 5.74) is 1.81. The number of esters is 1. The van der Waals surface area contributed by atoms with Crippen LogP contribution in [0, 0.1) is 5.92 Å². The van der Waals surface area contributed by atoms with Crippen molar-refractivity contribution in [1.82, 2.24) is 25.4 Å². The molecular formula is C54H59N5O9. The largest absolute Gasteiger partial charge is 0.506 e. The van der Waals surface area contributed by atoms with E-state index < -0.39 is 17.7 Å². The van der Waals surface area contributed by atoms with Gasteiger partial charge in [0.2, 0.25) is 11.2 Å². The number of nitrogens with one attached hydrogen (secondary N) is 3. The number of aromatic amines is 1. The number of H-pyrrole nitrogens is 1. The van der Waals surface area contributed by atoms with Crippen LogP contribution < -0.4 is 20.9 Å². The standard InChI is InChI=1S/C54H59N5O9/c60-47-22-20-45(46-21-23-49(62)57-51(46)47)48(61)32-55-27-24-37-16-18-40(19-17-37)52(64)56-43-14-8-28-59(34-43)50(63)36-67-44-15-7-13-42(31-44)54(66,41-11-5-2-6-12-41)53(65)68-35-39-25-29-58(30-26-39)33-38-9-3-1-4-10-38/h1-7,9-13,15-23,31,39,43,48,55,60-61,66H,8,14,24-30,32-36H2,(H,56,64)(H,57,62)/t43-,48+,54+/m1/s1. The molecule has 6 aromatic rings. The molecule has 0 bridgehead atoms. The minimum absolute atomic E-state index is 0.0644. The fourth-order valence-electron chi connectivity index (χ4n) is 9.12. The number of pyridine rings is 1. The summed E-state index contributed by atoms with van der Waals surface area (Å²) in [6.45, 7) is 4.27. The summed E-state index contributed by atoms with van der Waals surface area (Å²) in [5, 5.41) is 40.1. The molecule has 6 N–H and O–H groups in total. The van der Waals surface area contributed by atoms with Crippen molar-refractivity contribution in [2.45, 2.75) is 56.4 Å². The Balaban J connectivity index is 0.793. The van der Waals surface area contributed by atoms with Gasteiger partial charge in [-0.25, -0.2) is 4.79 Å². The lowest BCUT2D eigenvalue weighted by atomic mass is 9.86. The van der Waals surface area contributed by atoms with Crippen LogP contribution in [0.15, 0.2) is 138 Å². The molecule has 14 nitrogen and oxygen atoms in total. The summed E-state index contributed by atoms with van der Waals surface area (Å²) in [6.07, 6.45) is 2.96. The predicted octanol–water partition coefficient (Wildman–Crippen LogP) is 5.59. The van der Waals surface area contributed by atoms with Gasteiger partial charge in [0.25, 0.3) is 11.8 Å². The van der Waals surface area contributed by atoms with Gasteiger partial charge in [-0.2, -0.15) is 0 Å². The number of aromatic nitrogens is 1. The number of fused-ring (bicyclic) bond motifs is 1. The monoisotopic (exact) mass is 921 g/mol. The van der Waals surface area contributed by atoms with E-state index in [1.54, 1.807) is 77.7 Å². The molecule has 0 radical (unpaired) electrons. The first-order valence-electron chi connectivity index (χ1n) is 23.4. The van der Waals surface area contributed by atoms with Crippen LogP contribution in [0.25, 0.3) is 10.9 Å². The van der Waals surface area contributed by atoms with Gasteiger partial charge in [0.05, 0.1) is 18.2 Å². The second-order valence-corrected chi connectivity index (χ2v) is 17.8. The number of aromatic hydroxyl groups is 1. The lowest BCUT2D eigenvalue weighted by Crippen LogP contribution is -2.50. The van der Waals surface area contributed by atoms with Crippen molar-refractivity contribution >= 4 is 28.7 Å². The third-order valence-electron chi connectivity index (χ3n) is 13.0. The Morgan fingerprint density at radius 2 is 1.54 bits per heavy atom. The van der Waals surface area contributed by atoms with Crippen molar-refractivity contribution < 1.29 is 39.2 Å². The molecule has 0 spiro atoms. The molecule has 0 aliphatic carbocycles. The van der Waals surface area contributed by atoms with Gasteiger partial charge in [-0.1, -0.05) is 91.0 Å². The molecule has 354 valence electrons. The molecular weight excluding hydrogens is 863 g/mol. The van der Waals surface area contributed by atoms with Crippen LogP contribution in [-0.2, 0) is 32.9 Å². The number of phenols is 1. The molecule has 2 aliphatic heterocycles. The number of hydrogen-bond donors (Lipinski definition) is 6. The number of likely N-dealkylation sites (tertiary alicyclic amines) is 2. The number of nitrogens with zero attached hydrogens (tertiary/aromatic N) is 2. The van der Waals surface area contributed by atoms with E-state index in [-0.39, 0.29) is 65.9 Å². The van der Waals surface area contributed by atoms with Crippen LogP contribution in [0.3, 0.4) is 0 Å². The number of ether oxygens (including phenoxy) is 2. The van der Waals surface area contributed by atoms with Gasteiger partial charge in [0, 0.05) is 54.8 Å². The number of phenolic OH excluding ortho intramolecular Hbond substituents is 1. The van der Waals surface area contributed by atoms with Crippen LogP contribution in [-0.4, -0.2) is 106 Å². The van der Waals surface area contributed by atoms with Gasteiger partial charge < -0.3 is 45.3 Å². The minimum atomic E-state index is -2.11. The summed E-state index contributed by atoms with van der Waals surface area (Å²) >= 11 is 0. The highest BCUT2D eigenvalue weighted by atomic mass is 16.5. The molecule has 68 heavy (non-hydrogen) atoms. The quantitative estimate of drug-likeness (QED) is 0.0465. The fraction of sp³-hybridized carbons (Fsp3) is 0.333. The molecule has 5 aromatic carbocycles. The maximum Gasteiger partial charge on any atom is 0.347 e. The Bertz CT molecular complexity index is 2710. The number of carbonyl (C=O) groups excluding carboxylic acids is 3. The summed E-state index contributed by atoms with van der Waals surface area (Å²) in [7, 11) is 0. The Kier molecular flexibility index (Phi) is 15.6. The van der Waals surface area contributed by atoms with E-state index >= 15 is 0 Å². The van der Waals surface area contributed by atoms with Crippen molar-refractivity contribution in [2.24, 2.45) is 5.92 Å². The van der Waals surface area contributed by atoms with E-state index in [0.29, 0.717) is 66.7 Å². The SMILES string of the molecule is O=C(N[C@@H]1CCCN(C(=O)COc2cccc([C@](O)(C(=O)OCC3CCN(Cc4ccccc4)CC3)c3ccccc3)c2)C1)c1ccc(CCNC[C@H](O)c2ccc(O)c3[nH]c(=O)ccc23)cc1. The lowest BCUT2D eigenvalue weighted by Gasteiger charge is -2.33. The van der Waals surface area contributed by atoms with Gasteiger partial charge >= 0.3 is 5.97 Å². The predicted molar refractivity (Wildman–Crippen MR) is 258 cm³/mol. The molecule has 3 atom stereocenters. The average Bonchev–Trinajstić information content (AvgIpc) is 3.37. The molecule has 1 aromatic heterocycles. The van der Waals surface area contributed by atoms with Gasteiger partial charge in [-0.3, -0.25) is 19.3 Å². The van der Waals surface area contributed by atoms with Crippen molar-refractivity contribution in [2.75, 3.05) is 52.5 Å². The van der Waals surface area contributed by atoms with E-state index in [2.05, 4.69) is 32.7 Å². The minimum Gasteiger partial charge on any atom is -0.506 e. The first kappa shape index (κ1) is 47.6. The maximum atomic E-state index is 13.9. The Labute approximate surface area is 395 Å². The van der Waals surface area contributed by atoms with Crippen LogP contribution in [0.5, 0.6) is 11.5 Å².